The average molecular weight is 468 g/mol. The summed E-state index contributed by atoms with van der Waals surface area (Å²) in [5.41, 5.74) is 3.20. The molecule has 0 saturated carbocycles. The zero-order valence-corrected chi connectivity index (χ0v) is 18.8. The van der Waals surface area contributed by atoms with Gasteiger partial charge in [0.1, 0.15) is 0 Å². The van der Waals surface area contributed by atoms with Gasteiger partial charge in [0.25, 0.3) is 5.91 Å². The molecule has 162 valence electrons. The molecule has 0 fully saturated rings. The molecule has 10 heteroatoms. The largest absolute Gasteiger partial charge is 0.344 e. The Hall–Kier alpha value is -3.36. The van der Waals surface area contributed by atoms with Crippen molar-refractivity contribution in [2.45, 2.75) is 26.3 Å². The molecule has 0 aliphatic heterocycles. The molecule has 2 heterocycles. The smallest absolute Gasteiger partial charge is 0.251 e. The fourth-order valence-electron chi connectivity index (χ4n) is 3.26. The number of aromatic nitrogens is 6. The maximum absolute atomic E-state index is 13.2. The van der Waals surface area contributed by atoms with E-state index in [2.05, 4.69) is 30.8 Å². The molecule has 0 radical (unpaired) electrons. The molecule has 0 spiro atoms. The Morgan fingerprint density at radius 1 is 1.16 bits per heavy atom. The number of nitrogens with one attached hydrogen (secondary N) is 1. The quantitative estimate of drug-likeness (QED) is 0.448. The van der Waals surface area contributed by atoms with E-state index in [1.165, 1.54) is 0 Å². The van der Waals surface area contributed by atoms with Gasteiger partial charge in [-0.15, -0.1) is 5.10 Å². The van der Waals surface area contributed by atoms with Gasteiger partial charge in [-0.3, -0.25) is 14.8 Å². The van der Waals surface area contributed by atoms with Crippen molar-refractivity contribution in [3.05, 3.63) is 82.1 Å². The van der Waals surface area contributed by atoms with Crippen molar-refractivity contribution in [3.63, 3.8) is 0 Å². The molecule has 0 bridgehead atoms. The van der Waals surface area contributed by atoms with E-state index < -0.39 is 0 Å². The molecule has 0 aliphatic rings. The molecule has 1 N–H and O–H groups in total. The first-order chi connectivity index (χ1) is 15.5. The van der Waals surface area contributed by atoms with E-state index in [-0.39, 0.29) is 11.9 Å². The Morgan fingerprint density at radius 2 is 2.00 bits per heavy atom. The van der Waals surface area contributed by atoms with Gasteiger partial charge in [0, 0.05) is 40.0 Å². The summed E-state index contributed by atoms with van der Waals surface area (Å²) in [6.07, 6.45) is 5.42. The number of benzene rings is 2. The summed E-state index contributed by atoms with van der Waals surface area (Å²) in [4.78, 5) is 21.5. The van der Waals surface area contributed by atoms with Gasteiger partial charge in [-0.05, 0) is 53.2 Å². The zero-order chi connectivity index (χ0) is 22.7. The molecular weight excluding hydrogens is 449 g/mol. The molecule has 0 saturated heterocycles. The van der Waals surface area contributed by atoms with Crippen LogP contribution in [0.2, 0.25) is 10.0 Å². The van der Waals surface area contributed by atoms with Gasteiger partial charge in [0.2, 0.25) is 0 Å². The molecule has 0 aliphatic carbocycles. The zero-order valence-electron chi connectivity index (χ0n) is 17.3. The van der Waals surface area contributed by atoms with Crippen LogP contribution in [-0.4, -0.2) is 36.1 Å². The fraction of sp³-hybridized carbons (Fsp3) is 0.182. The minimum atomic E-state index is -0.332. The lowest BCUT2D eigenvalue weighted by Gasteiger charge is -2.15. The number of carbonyl (C=O) groups is 1. The highest BCUT2D eigenvalue weighted by molar-refractivity contribution is 6.36. The third kappa shape index (κ3) is 4.61. The Bertz CT molecular complexity index is 1260. The van der Waals surface area contributed by atoms with Crippen LogP contribution in [0.15, 0.2) is 55.0 Å². The predicted molar refractivity (Wildman–Crippen MR) is 122 cm³/mol. The summed E-state index contributed by atoms with van der Waals surface area (Å²) >= 11 is 12.5. The van der Waals surface area contributed by atoms with E-state index in [0.717, 1.165) is 11.1 Å². The van der Waals surface area contributed by atoms with E-state index in [0.29, 0.717) is 39.2 Å². The third-order valence-electron chi connectivity index (χ3n) is 4.89. The van der Waals surface area contributed by atoms with Crippen molar-refractivity contribution in [2.75, 3.05) is 0 Å². The molecule has 8 nitrogen and oxygen atoms in total. The fourth-order valence-corrected chi connectivity index (χ4v) is 3.78. The van der Waals surface area contributed by atoms with Gasteiger partial charge in [0.05, 0.1) is 23.6 Å². The number of carbonyl (C=O) groups excluding carboxylic acids is 1. The van der Waals surface area contributed by atoms with Crippen LogP contribution in [0.5, 0.6) is 0 Å². The highest BCUT2D eigenvalue weighted by Gasteiger charge is 2.17. The van der Waals surface area contributed by atoms with Gasteiger partial charge in [-0.25, -0.2) is 0 Å². The number of rotatable bonds is 6. The molecule has 2 aromatic carbocycles. The second-order valence-electron chi connectivity index (χ2n) is 7.08. The number of halogens is 2. The minimum Gasteiger partial charge on any atom is -0.344 e. The molecule has 1 unspecified atom stereocenters. The molecular formula is C22H19Cl2N7O. The maximum atomic E-state index is 13.2. The Kier molecular flexibility index (Phi) is 6.43. The molecule has 4 rings (SSSR count). The first-order valence-corrected chi connectivity index (χ1v) is 10.7. The first kappa shape index (κ1) is 21.9. The van der Waals surface area contributed by atoms with E-state index in [1.54, 1.807) is 47.5 Å². The third-order valence-corrected chi connectivity index (χ3v) is 5.44. The lowest BCUT2D eigenvalue weighted by atomic mass is 10.0. The summed E-state index contributed by atoms with van der Waals surface area (Å²) in [6.45, 7) is 3.80. The number of hydrogen-bond acceptors (Lipinski definition) is 6. The molecule has 1 atom stereocenters. The van der Waals surface area contributed by atoms with Crippen LogP contribution >= 0.6 is 23.2 Å². The topological polar surface area (TPSA) is 98.5 Å². The summed E-state index contributed by atoms with van der Waals surface area (Å²) in [6, 6.07) is 10.3. The van der Waals surface area contributed by atoms with Crippen LogP contribution in [0.1, 0.15) is 41.8 Å². The lowest BCUT2D eigenvalue weighted by Crippen LogP contribution is -2.27. The lowest BCUT2D eigenvalue weighted by molar-refractivity contribution is 0.0939. The summed E-state index contributed by atoms with van der Waals surface area (Å²) in [7, 11) is 0. The highest BCUT2D eigenvalue weighted by Crippen LogP contribution is 2.32. The van der Waals surface area contributed by atoms with Crippen molar-refractivity contribution >= 4 is 29.1 Å². The Balaban J connectivity index is 1.77. The molecule has 4 aromatic rings. The SMILES string of the molecule is CCc1nnnn1-c1cc(C(=O)NC(C)c2cnccn2)cc(-c2ccc(Cl)cc2Cl)c1. The highest BCUT2D eigenvalue weighted by atomic mass is 35.5. The standard InChI is InChI=1S/C22H19Cl2N7O/c1-3-21-28-29-30-31(21)17-9-14(18-5-4-16(23)11-19(18)24)8-15(10-17)22(32)27-13(2)20-12-25-6-7-26-20/h4-13H,3H2,1-2H3,(H,27,32). The van der Waals surface area contributed by atoms with Crippen LogP contribution in [0, 0.1) is 0 Å². The van der Waals surface area contributed by atoms with Crippen molar-refractivity contribution < 1.29 is 4.79 Å². The Morgan fingerprint density at radius 3 is 2.72 bits per heavy atom. The van der Waals surface area contributed by atoms with Crippen LogP contribution in [-0.2, 0) is 6.42 Å². The van der Waals surface area contributed by atoms with Gasteiger partial charge in [-0.1, -0.05) is 36.2 Å². The van der Waals surface area contributed by atoms with Gasteiger partial charge >= 0.3 is 0 Å². The minimum absolute atomic E-state index is 0.275. The van der Waals surface area contributed by atoms with Crippen LogP contribution < -0.4 is 5.32 Å². The summed E-state index contributed by atoms with van der Waals surface area (Å²) < 4.78 is 1.61. The van der Waals surface area contributed by atoms with Gasteiger partial charge in [-0.2, -0.15) is 4.68 Å². The number of amides is 1. The van der Waals surface area contributed by atoms with E-state index in [1.807, 2.05) is 26.0 Å². The molecule has 1 amide bonds. The van der Waals surface area contributed by atoms with E-state index >= 15 is 0 Å². The van der Waals surface area contributed by atoms with Crippen molar-refractivity contribution in [3.8, 4) is 16.8 Å². The monoisotopic (exact) mass is 467 g/mol. The van der Waals surface area contributed by atoms with E-state index in [9.17, 15) is 4.79 Å². The maximum Gasteiger partial charge on any atom is 0.251 e. The number of hydrogen-bond donors (Lipinski definition) is 1. The van der Waals surface area contributed by atoms with Gasteiger partial charge < -0.3 is 5.32 Å². The van der Waals surface area contributed by atoms with Crippen molar-refractivity contribution in [2.24, 2.45) is 0 Å². The van der Waals surface area contributed by atoms with Crippen LogP contribution in [0.4, 0.5) is 0 Å². The van der Waals surface area contributed by atoms with Gasteiger partial charge in [0.15, 0.2) is 5.82 Å². The molecule has 2 aromatic heterocycles. The second kappa shape index (κ2) is 9.42. The number of tetrazole rings is 1. The number of nitrogens with zero attached hydrogens (tertiary/aromatic N) is 6. The normalized spacial score (nSPS) is 11.9. The number of aryl methyl sites for hydroxylation is 1. The first-order valence-electron chi connectivity index (χ1n) is 9.91. The predicted octanol–water partition coefficient (Wildman–Crippen LogP) is 4.48. The van der Waals surface area contributed by atoms with Crippen molar-refractivity contribution in [1.82, 2.24) is 35.5 Å². The van der Waals surface area contributed by atoms with E-state index in [4.69, 9.17) is 23.2 Å². The second-order valence-corrected chi connectivity index (χ2v) is 7.92. The molecule has 32 heavy (non-hydrogen) atoms. The summed E-state index contributed by atoms with van der Waals surface area (Å²) in [5.74, 6) is 0.395. The van der Waals surface area contributed by atoms with Crippen molar-refractivity contribution in [1.29, 1.82) is 0 Å². The van der Waals surface area contributed by atoms with Crippen LogP contribution in [0.25, 0.3) is 16.8 Å². The average Bonchev–Trinajstić information content (AvgIpc) is 3.28. The Labute approximate surface area is 194 Å². The summed E-state index contributed by atoms with van der Waals surface area (Å²) in [5, 5.41) is 15.9. The van der Waals surface area contributed by atoms with Crippen LogP contribution in [0.3, 0.4) is 0 Å².